The van der Waals surface area contributed by atoms with Gasteiger partial charge in [0.05, 0.1) is 0 Å². The number of carbonyl (C=O) groups is 2. The van der Waals surface area contributed by atoms with Gasteiger partial charge in [-0.3, -0.25) is 9.59 Å². The van der Waals surface area contributed by atoms with E-state index in [0.717, 1.165) is 94.9 Å². The number of hydrogen-bond donors (Lipinski definition) is 0. The molecule has 0 unspecified atom stereocenters. The third-order valence-electron chi connectivity index (χ3n) is 7.17. The molecule has 4 nitrogen and oxygen atoms in total. The van der Waals surface area contributed by atoms with Crippen LogP contribution >= 0.6 is 23.5 Å². The van der Waals surface area contributed by atoms with Gasteiger partial charge in [0, 0.05) is 35.7 Å². The quantitative estimate of drug-likeness (QED) is 0.202. The van der Waals surface area contributed by atoms with Gasteiger partial charge < -0.3 is 9.80 Å². The molecule has 36 heavy (non-hydrogen) atoms. The third kappa shape index (κ3) is 5.57. The van der Waals surface area contributed by atoms with E-state index in [9.17, 15) is 9.59 Å². The van der Waals surface area contributed by atoms with Crippen molar-refractivity contribution in [3.63, 3.8) is 0 Å². The van der Waals surface area contributed by atoms with Crippen LogP contribution in [0, 0.1) is 0 Å². The highest BCUT2D eigenvalue weighted by molar-refractivity contribution is 8.14. The summed E-state index contributed by atoms with van der Waals surface area (Å²) in [5.74, 6) is 1.59. The molecule has 0 aliphatic heterocycles. The summed E-state index contributed by atoms with van der Waals surface area (Å²) in [6, 6.07) is 16.3. The summed E-state index contributed by atoms with van der Waals surface area (Å²) in [4.78, 5) is 30.8. The molecule has 0 aromatic heterocycles. The van der Waals surface area contributed by atoms with E-state index in [1.165, 1.54) is 23.5 Å². The maximum Gasteiger partial charge on any atom is 0.220 e. The van der Waals surface area contributed by atoms with Crippen LogP contribution in [0.1, 0.15) is 48.4 Å². The standard InChI is InChI=1S/C30H36N2O2S2/c1-5-31(6-2)16-18-35-29(33)21-12-13-22-23-10-9-11-24-26(15-14-25(28(23)24)27(22)20-21)30(34)36-19-17-32(7-3)8-4/h9-15,20H,5-8,16-19H2,1-4H3. The zero-order valence-electron chi connectivity index (χ0n) is 21.8. The fourth-order valence-electron chi connectivity index (χ4n) is 4.94. The highest BCUT2D eigenvalue weighted by Gasteiger charge is 2.25. The molecular weight excluding hydrogens is 484 g/mol. The van der Waals surface area contributed by atoms with Crippen LogP contribution in [0.5, 0.6) is 0 Å². The van der Waals surface area contributed by atoms with Crippen LogP contribution in [0.15, 0.2) is 48.5 Å². The Hall–Kier alpha value is -2.12. The van der Waals surface area contributed by atoms with Gasteiger partial charge in [0.1, 0.15) is 0 Å². The van der Waals surface area contributed by atoms with Crippen LogP contribution in [0.3, 0.4) is 0 Å². The molecule has 0 bridgehead atoms. The Morgan fingerprint density at radius 3 is 1.89 bits per heavy atom. The summed E-state index contributed by atoms with van der Waals surface area (Å²) in [7, 11) is 0. The average molecular weight is 521 g/mol. The molecule has 190 valence electrons. The average Bonchev–Trinajstić information content (AvgIpc) is 3.23. The molecule has 0 amide bonds. The third-order valence-corrected chi connectivity index (χ3v) is 8.92. The molecule has 0 atom stereocenters. The summed E-state index contributed by atoms with van der Waals surface area (Å²) in [6.07, 6.45) is 0. The summed E-state index contributed by atoms with van der Waals surface area (Å²) in [6.45, 7) is 14.5. The first-order chi connectivity index (χ1) is 17.5. The van der Waals surface area contributed by atoms with Crippen molar-refractivity contribution in [1.29, 1.82) is 0 Å². The minimum atomic E-state index is 0.119. The van der Waals surface area contributed by atoms with E-state index in [1.54, 1.807) is 0 Å². The van der Waals surface area contributed by atoms with Crippen molar-refractivity contribution in [2.45, 2.75) is 27.7 Å². The lowest BCUT2D eigenvalue weighted by molar-refractivity contribution is 0.108. The lowest BCUT2D eigenvalue weighted by Crippen LogP contribution is -2.25. The Kier molecular flexibility index (Phi) is 9.29. The Bertz CT molecular complexity index is 1250. The smallest absolute Gasteiger partial charge is 0.220 e. The van der Waals surface area contributed by atoms with Crippen molar-refractivity contribution in [2.24, 2.45) is 0 Å². The Balaban J connectivity index is 1.56. The Morgan fingerprint density at radius 2 is 1.25 bits per heavy atom. The highest BCUT2D eigenvalue weighted by atomic mass is 32.2. The van der Waals surface area contributed by atoms with E-state index in [4.69, 9.17) is 0 Å². The molecule has 1 aliphatic rings. The number of nitrogens with zero attached hydrogens (tertiary/aromatic N) is 2. The van der Waals surface area contributed by atoms with Crippen LogP contribution in [-0.2, 0) is 0 Å². The van der Waals surface area contributed by atoms with Crippen molar-refractivity contribution in [3.05, 3.63) is 59.7 Å². The van der Waals surface area contributed by atoms with E-state index in [1.807, 2.05) is 24.3 Å². The Labute approximate surface area is 223 Å². The maximum absolute atomic E-state index is 13.2. The van der Waals surface area contributed by atoms with Crippen molar-refractivity contribution >= 4 is 44.5 Å². The largest absolute Gasteiger partial charge is 0.303 e. The Morgan fingerprint density at radius 1 is 0.667 bits per heavy atom. The number of hydrogen-bond acceptors (Lipinski definition) is 6. The fraction of sp³-hybridized carbons (Fsp3) is 0.400. The lowest BCUT2D eigenvalue weighted by Gasteiger charge is -2.17. The van der Waals surface area contributed by atoms with Crippen molar-refractivity contribution in [1.82, 2.24) is 9.80 Å². The fourth-order valence-corrected chi connectivity index (χ4v) is 6.64. The predicted octanol–water partition coefficient (Wildman–Crippen LogP) is 6.92. The summed E-state index contributed by atoms with van der Waals surface area (Å²) < 4.78 is 0. The monoisotopic (exact) mass is 520 g/mol. The number of carbonyl (C=O) groups excluding carboxylic acids is 2. The normalized spacial score (nSPS) is 12.1. The number of rotatable bonds is 12. The van der Waals surface area contributed by atoms with E-state index >= 15 is 0 Å². The summed E-state index contributed by atoms with van der Waals surface area (Å²) >= 11 is 2.81. The minimum absolute atomic E-state index is 0.119. The van der Waals surface area contributed by atoms with Crippen LogP contribution in [0.2, 0.25) is 0 Å². The molecule has 0 spiro atoms. The molecule has 3 aromatic carbocycles. The van der Waals surface area contributed by atoms with Crippen LogP contribution in [0.4, 0.5) is 0 Å². The molecule has 4 rings (SSSR count). The number of fused-ring (bicyclic) bond motifs is 3. The summed E-state index contributed by atoms with van der Waals surface area (Å²) in [5.41, 5.74) is 6.00. The van der Waals surface area contributed by atoms with Gasteiger partial charge in [-0.25, -0.2) is 0 Å². The van der Waals surface area contributed by atoms with Crippen molar-refractivity contribution in [3.8, 4) is 22.3 Å². The molecule has 0 saturated heterocycles. The molecular formula is C30H36N2O2S2. The zero-order valence-corrected chi connectivity index (χ0v) is 23.4. The van der Waals surface area contributed by atoms with Crippen LogP contribution in [0.25, 0.3) is 33.0 Å². The van der Waals surface area contributed by atoms with Gasteiger partial charge in [0.25, 0.3) is 0 Å². The topological polar surface area (TPSA) is 40.6 Å². The molecule has 0 heterocycles. The first-order valence-electron chi connectivity index (χ1n) is 13.0. The number of benzene rings is 3. The van der Waals surface area contributed by atoms with Gasteiger partial charge in [-0.05, 0) is 77.4 Å². The zero-order chi connectivity index (χ0) is 25.7. The van der Waals surface area contributed by atoms with Crippen LogP contribution < -0.4 is 0 Å². The molecule has 3 aromatic rings. The van der Waals surface area contributed by atoms with Crippen molar-refractivity contribution < 1.29 is 9.59 Å². The van der Waals surface area contributed by atoms with Gasteiger partial charge >= 0.3 is 0 Å². The second-order valence-electron chi connectivity index (χ2n) is 8.97. The lowest BCUT2D eigenvalue weighted by atomic mass is 9.99. The molecule has 0 N–H and O–H groups in total. The second kappa shape index (κ2) is 12.4. The minimum Gasteiger partial charge on any atom is -0.303 e. The highest BCUT2D eigenvalue weighted by Crippen LogP contribution is 2.48. The van der Waals surface area contributed by atoms with Crippen LogP contribution in [-0.4, -0.2) is 70.8 Å². The van der Waals surface area contributed by atoms with Gasteiger partial charge in [-0.15, -0.1) is 0 Å². The van der Waals surface area contributed by atoms with Crippen molar-refractivity contribution in [2.75, 3.05) is 50.8 Å². The molecule has 6 heteroatoms. The second-order valence-corrected chi connectivity index (χ2v) is 11.1. The van der Waals surface area contributed by atoms with Gasteiger partial charge in [-0.2, -0.15) is 0 Å². The van der Waals surface area contributed by atoms with E-state index in [0.29, 0.717) is 0 Å². The van der Waals surface area contributed by atoms with Gasteiger partial charge in [-0.1, -0.05) is 81.6 Å². The predicted molar refractivity (Wildman–Crippen MR) is 158 cm³/mol. The van der Waals surface area contributed by atoms with E-state index in [2.05, 4.69) is 61.8 Å². The SMILES string of the molecule is CCN(CC)CCSC(=O)c1ccc2c(c1)-c1ccc(C(=O)SCCN(CC)CC)c3cccc-2c13. The number of thioether (sulfide) groups is 2. The molecule has 0 saturated carbocycles. The van der Waals surface area contributed by atoms with Gasteiger partial charge in [0.2, 0.25) is 10.2 Å². The maximum atomic E-state index is 13.2. The molecule has 0 fully saturated rings. The van der Waals surface area contributed by atoms with E-state index < -0.39 is 0 Å². The first-order valence-corrected chi connectivity index (χ1v) is 15.0. The summed E-state index contributed by atoms with van der Waals surface area (Å²) in [5, 5.41) is 2.38. The molecule has 0 radical (unpaired) electrons. The molecule has 1 aliphatic carbocycles. The van der Waals surface area contributed by atoms with E-state index in [-0.39, 0.29) is 10.2 Å². The van der Waals surface area contributed by atoms with Gasteiger partial charge in [0.15, 0.2) is 0 Å². The first kappa shape index (κ1) is 26.9.